The number of nitrogens with two attached hydrogens (primary N) is 3. The number of hydrogen-bond acceptors (Lipinski definition) is 10. The zero-order valence-corrected chi connectivity index (χ0v) is 13.8. The molecule has 1 atom stereocenters. The fourth-order valence-corrected chi connectivity index (χ4v) is 1.56. The molecule has 0 amide bonds. The van der Waals surface area contributed by atoms with Gasteiger partial charge in [-0.2, -0.15) is 18.4 Å². The molecule has 0 fully saturated rings. The summed E-state index contributed by atoms with van der Waals surface area (Å²) in [7, 11) is -4.67. The maximum absolute atomic E-state index is 10.3. The Hall–Kier alpha value is -3.36. The lowest BCUT2D eigenvalue weighted by molar-refractivity contribution is 0.0697. The van der Waals surface area contributed by atoms with Crippen molar-refractivity contribution in [3.63, 3.8) is 0 Å². The van der Waals surface area contributed by atoms with E-state index in [1.807, 2.05) is 0 Å². The van der Waals surface area contributed by atoms with Crippen LogP contribution in [0.1, 0.15) is 10.4 Å². The minimum Gasteiger partial charge on any atom is -0.478 e. The zero-order valence-electron chi connectivity index (χ0n) is 13.0. The lowest BCUT2D eigenvalue weighted by Gasteiger charge is -2.10. The molecule has 0 spiro atoms. The summed E-state index contributed by atoms with van der Waals surface area (Å²) >= 11 is 0. The Morgan fingerprint density at radius 2 is 1.58 bits per heavy atom. The smallest absolute Gasteiger partial charge is 0.394 e. The van der Waals surface area contributed by atoms with Crippen molar-refractivity contribution in [3.05, 3.63) is 29.8 Å². The number of fused-ring (bicyclic) bond motifs is 1. The predicted octanol–water partition coefficient (Wildman–Crippen LogP) is -1.20. The Balaban J connectivity index is 0.000000210. The summed E-state index contributed by atoms with van der Waals surface area (Å²) in [5.41, 5.74) is 17.0. The molecule has 1 aromatic rings. The molecule has 26 heavy (non-hydrogen) atoms. The van der Waals surface area contributed by atoms with Crippen molar-refractivity contribution >= 4 is 46.0 Å². The van der Waals surface area contributed by atoms with E-state index in [-0.39, 0.29) is 17.6 Å². The van der Waals surface area contributed by atoms with E-state index in [4.69, 9.17) is 39.8 Å². The van der Waals surface area contributed by atoms with Gasteiger partial charge in [-0.25, -0.2) is 9.79 Å². The number of carboxylic acids is 1. The van der Waals surface area contributed by atoms with Crippen LogP contribution in [-0.2, 0) is 10.4 Å². The van der Waals surface area contributed by atoms with E-state index in [9.17, 15) is 4.79 Å². The number of aromatic carboxylic acids is 1. The SMILES string of the molecule is NC1=NC2=NC=NC2C(N)=N1.Nc1ccc(C(=O)O)cc1.O=S(=O)(O)O. The van der Waals surface area contributed by atoms with Gasteiger partial charge in [0.05, 0.1) is 5.56 Å². The van der Waals surface area contributed by atoms with Crippen LogP contribution in [0.15, 0.2) is 44.2 Å². The molecule has 0 aromatic heterocycles. The number of nitrogens with zero attached hydrogens (tertiary/aromatic N) is 4. The molecule has 0 bridgehead atoms. The highest BCUT2D eigenvalue weighted by atomic mass is 32.3. The quantitative estimate of drug-likeness (QED) is 0.251. The number of nitrogen functional groups attached to an aromatic ring is 1. The van der Waals surface area contributed by atoms with Crippen LogP contribution < -0.4 is 17.2 Å². The van der Waals surface area contributed by atoms with Crippen LogP contribution in [0.4, 0.5) is 5.69 Å². The Morgan fingerprint density at radius 3 is 2.08 bits per heavy atom. The van der Waals surface area contributed by atoms with Crippen molar-refractivity contribution in [1.29, 1.82) is 0 Å². The van der Waals surface area contributed by atoms with Crippen molar-refractivity contribution in [1.82, 2.24) is 0 Å². The maximum atomic E-state index is 10.3. The monoisotopic (exact) mass is 385 g/mol. The first-order chi connectivity index (χ1) is 12.0. The second kappa shape index (κ2) is 8.65. The van der Waals surface area contributed by atoms with E-state index >= 15 is 0 Å². The van der Waals surface area contributed by atoms with Crippen molar-refractivity contribution in [2.45, 2.75) is 6.04 Å². The van der Waals surface area contributed by atoms with E-state index in [1.54, 1.807) is 12.1 Å². The lowest BCUT2D eigenvalue weighted by atomic mass is 10.2. The second-order valence-corrected chi connectivity index (χ2v) is 5.43. The van der Waals surface area contributed by atoms with E-state index in [1.165, 1.54) is 18.5 Å². The van der Waals surface area contributed by atoms with Gasteiger partial charge in [0, 0.05) is 5.69 Å². The van der Waals surface area contributed by atoms with E-state index in [0.717, 1.165) is 0 Å². The maximum Gasteiger partial charge on any atom is 0.394 e. The van der Waals surface area contributed by atoms with Crippen LogP contribution >= 0.6 is 0 Å². The van der Waals surface area contributed by atoms with Crippen molar-refractivity contribution in [2.75, 3.05) is 5.73 Å². The number of carbonyl (C=O) groups is 1. The molecule has 2 heterocycles. The highest BCUT2D eigenvalue weighted by Gasteiger charge is 2.25. The first-order valence-electron chi connectivity index (χ1n) is 6.53. The number of anilines is 1. The molecular weight excluding hydrogens is 370 g/mol. The molecule has 140 valence electrons. The van der Waals surface area contributed by atoms with Gasteiger partial charge in [-0.3, -0.25) is 14.1 Å². The van der Waals surface area contributed by atoms with Gasteiger partial charge in [0.25, 0.3) is 0 Å². The molecule has 2 aliphatic heterocycles. The molecule has 2 aliphatic rings. The number of amidine groups is 2. The average molecular weight is 385 g/mol. The molecule has 1 aromatic carbocycles. The van der Waals surface area contributed by atoms with Gasteiger partial charge in [-0.05, 0) is 24.3 Å². The van der Waals surface area contributed by atoms with Crippen LogP contribution in [0.3, 0.4) is 0 Å². The van der Waals surface area contributed by atoms with Crippen LogP contribution in [0, 0.1) is 0 Å². The molecule has 9 N–H and O–H groups in total. The first kappa shape index (κ1) is 20.7. The van der Waals surface area contributed by atoms with Crippen LogP contribution in [0.25, 0.3) is 0 Å². The molecule has 14 heteroatoms. The van der Waals surface area contributed by atoms with Gasteiger partial charge < -0.3 is 22.3 Å². The summed E-state index contributed by atoms with van der Waals surface area (Å²) in [6.45, 7) is 0. The Labute approximate surface area is 147 Å². The van der Waals surface area contributed by atoms with Gasteiger partial charge in [0.2, 0.25) is 5.96 Å². The summed E-state index contributed by atoms with van der Waals surface area (Å²) in [6.07, 6.45) is 1.41. The van der Waals surface area contributed by atoms with Gasteiger partial charge in [-0.15, -0.1) is 0 Å². The van der Waals surface area contributed by atoms with Crippen LogP contribution in [-0.4, -0.2) is 58.6 Å². The van der Waals surface area contributed by atoms with Gasteiger partial charge in [0.15, 0.2) is 11.9 Å². The second-order valence-electron chi connectivity index (χ2n) is 4.54. The zero-order chi connectivity index (χ0) is 19.9. The highest BCUT2D eigenvalue weighted by molar-refractivity contribution is 7.79. The molecule has 3 rings (SSSR count). The minimum absolute atomic E-state index is 0.142. The molecular formula is C12H15N7O6S. The Kier molecular flexibility index (Phi) is 6.88. The molecule has 13 nitrogen and oxygen atoms in total. The number of aliphatic imine (C=N–C) groups is 4. The third-order valence-corrected chi connectivity index (χ3v) is 2.56. The molecule has 1 unspecified atom stereocenters. The molecule has 0 aliphatic carbocycles. The first-order valence-corrected chi connectivity index (χ1v) is 7.93. The summed E-state index contributed by atoms with van der Waals surface area (Å²) in [4.78, 5) is 25.7. The van der Waals surface area contributed by atoms with Crippen molar-refractivity contribution < 1.29 is 27.4 Å². The van der Waals surface area contributed by atoms with E-state index < -0.39 is 16.4 Å². The van der Waals surface area contributed by atoms with Gasteiger partial charge in [-0.1, -0.05) is 0 Å². The standard InChI is InChI=1S/C7H7NO2.C5H6N6.H2O4S/c8-6-3-1-5(2-4-6)7(9)10;6-3-2-4(9-1-8-2)11-5(7)10-3;1-5(2,3)4/h1-4H,8H2,(H,9,10);1-2H,(H4,6,7,8,9,10,11);(H2,1,2,3,4). The molecule has 0 saturated heterocycles. The predicted molar refractivity (Wildman–Crippen MR) is 95.0 cm³/mol. The Bertz CT molecular complexity index is 881. The van der Waals surface area contributed by atoms with Crippen LogP contribution in [0.2, 0.25) is 0 Å². The normalized spacial score (nSPS) is 17.3. The van der Waals surface area contributed by atoms with Gasteiger partial charge in [0.1, 0.15) is 12.2 Å². The van der Waals surface area contributed by atoms with Crippen molar-refractivity contribution in [3.8, 4) is 0 Å². The lowest BCUT2D eigenvalue weighted by Crippen LogP contribution is -2.38. The van der Waals surface area contributed by atoms with Crippen molar-refractivity contribution in [2.24, 2.45) is 31.4 Å². The number of benzene rings is 1. The topological polar surface area (TPSA) is 239 Å². The fourth-order valence-electron chi connectivity index (χ4n) is 1.56. The number of hydrogen-bond donors (Lipinski definition) is 6. The van der Waals surface area contributed by atoms with E-state index in [2.05, 4.69) is 20.0 Å². The third kappa shape index (κ3) is 7.47. The summed E-state index contributed by atoms with van der Waals surface area (Å²) in [5.74, 6) is 0.0861. The third-order valence-electron chi connectivity index (χ3n) is 2.56. The summed E-state index contributed by atoms with van der Waals surface area (Å²) in [6, 6.07) is 5.75. The van der Waals surface area contributed by atoms with E-state index in [0.29, 0.717) is 17.4 Å². The molecule has 0 radical (unpaired) electrons. The number of guanidine groups is 1. The van der Waals surface area contributed by atoms with Crippen LogP contribution in [0.5, 0.6) is 0 Å². The number of rotatable bonds is 1. The summed E-state index contributed by atoms with van der Waals surface area (Å²) in [5, 5.41) is 8.43. The number of carboxylic acid groups (broad SMARTS) is 1. The average Bonchev–Trinajstić information content (AvgIpc) is 2.95. The fraction of sp³-hybridized carbons (Fsp3) is 0.0833. The summed E-state index contributed by atoms with van der Waals surface area (Å²) < 4.78 is 31.6. The minimum atomic E-state index is -4.67. The largest absolute Gasteiger partial charge is 0.478 e. The highest BCUT2D eigenvalue weighted by Crippen LogP contribution is 2.07. The Morgan fingerprint density at radius 1 is 1.04 bits per heavy atom. The molecule has 0 saturated carbocycles. The van der Waals surface area contributed by atoms with Gasteiger partial charge >= 0.3 is 16.4 Å².